The third-order valence-electron chi connectivity index (χ3n) is 1.01. The summed E-state index contributed by atoms with van der Waals surface area (Å²) in [7, 11) is 0. The van der Waals surface area contributed by atoms with E-state index in [4.69, 9.17) is 10.2 Å². The highest BCUT2D eigenvalue weighted by atomic mass is 16.6. The van der Waals surface area contributed by atoms with Gasteiger partial charge in [0, 0.05) is 0 Å². The van der Waals surface area contributed by atoms with E-state index in [1.54, 1.807) is 0 Å². The van der Waals surface area contributed by atoms with Crippen LogP contribution >= 0.6 is 0 Å². The van der Waals surface area contributed by atoms with E-state index in [0.717, 1.165) is 0 Å². The molecule has 0 aliphatic carbocycles. The van der Waals surface area contributed by atoms with Gasteiger partial charge in [-0.3, -0.25) is 0 Å². The van der Waals surface area contributed by atoms with Gasteiger partial charge >= 0.3 is 11.9 Å². The summed E-state index contributed by atoms with van der Waals surface area (Å²) in [6.07, 6.45) is -2.82. The number of carbonyl (C=O) groups excluding carboxylic acids is 1. The first-order valence-corrected chi connectivity index (χ1v) is 2.24. The van der Waals surface area contributed by atoms with Crippen LogP contribution < -0.4 is 0 Å². The molecule has 50 valence electrons. The van der Waals surface area contributed by atoms with E-state index in [-0.39, 0.29) is 0 Å². The number of carboxylic acid groups (broad SMARTS) is 1. The fourth-order valence-corrected chi connectivity index (χ4v) is 0.496. The fourth-order valence-electron chi connectivity index (χ4n) is 0.496. The average molecular weight is 132 g/mol. The summed E-state index contributed by atoms with van der Waals surface area (Å²) < 4.78 is 4.02. The third-order valence-corrected chi connectivity index (χ3v) is 1.01. The predicted molar refractivity (Wildman–Crippen MR) is 23.5 cm³/mol. The molecular weight excluding hydrogens is 128 g/mol. The number of cyclic esters (lactones) is 1. The smallest absolute Gasteiger partial charge is 0.348 e. The highest BCUT2D eigenvalue weighted by molar-refractivity contribution is 5.92. The zero-order valence-corrected chi connectivity index (χ0v) is 4.27. The minimum Gasteiger partial charge on any atom is -0.478 e. The van der Waals surface area contributed by atoms with Crippen molar-refractivity contribution in [1.82, 2.24) is 0 Å². The summed E-state index contributed by atoms with van der Waals surface area (Å²) in [5.74, 6) is -2.19. The molecule has 2 atom stereocenters. The van der Waals surface area contributed by atoms with Gasteiger partial charge in [-0.1, -0.05) is 0 Å². The molecule has 2 unspecified atom stereocenters. The molecule has 0 saturated carbocycles. The Morgan fingerprint density at radius 1 is 1.67 bits per heavy atom. The second-order valence-electron chi connectivity index (χ2n) is 1.64. The van der Waals surface area contributed by atoms with Crippen LogP contribution in [0.4, 0.5) is 0 Å². The first kappa shape index (κ1) is 6.03. The van der Waals surface area contributed by atoms with Crippen molar-refractivity contribution in [3.63, 3.8) is 0 Å². The fraction of sp³-hybridized carbons (Fsp3) is 0.500. The molecule has 0 aromatic heterocycles. The molecule has 1 heterocycles. The van der Waals surface area contributed by atoms with Crippen LogP contribution in [0.2, 0.25) is 0 Å². The maximum absolute atomic E-state index is 10.0. The van der Waals surface area contributed by atoms with Crippen molar-refractivity contribution in [2.24, 2.45) is 0 Å². The lowest BCUT2D eigenvalue weighted by molar-refractivity contribution is -0.206. The van der Waals surface area contributed by atoms with Gasteiger partial charge in [0.1, 0.15) is 0 Å². The van der Waals surface area contributed by atoms with E-state index in [2.05, 4.69) is 4.74 Å². The molecule has 0 spiro atoms. The molecule has 1 rings (SSSR count). The van der Waals surface area contributed by atoms with E-state index >= 15 is 0 Å². The monoisotopic (exact) mass is 132 g/mol. The number of aliphatic hydroxyl groups is 1. The normalized spacial score (nSPS) is 32.8. The van der Waals surface area contributed by atoms with Crippen LogP contribution in [0.3, 0.4) is 0 Å². The highest BCUT2D eigenvalue weighted by Crippen LogP contribution is 2.13. The minimum atomic E-state index is -1.47. The second kappa shape index (κ2) is 1.70. The van der Waals surface area contributed by atoms with Crippen LogP contribution in [0, 0.1) is 0 Å². The summed E-state index contributed by atoms with van der Waals surface area (Å²) in [5, 5.41) is 16.6. The number of esters is 1. The molecule has 1 aliphatic rings. The summed E-state index contributed by atoms with van der Waals surface area (Å²) in [4.78, 5) is 19.9. The lowest BCUT2D eigenvalue weighted by Crippen LogP contribution is -2.54. The third kappa shape index (κ3) is 0.746. The summed E-state index contributed by atoms with van der Waals surface area (Å²) in [6.45, 7) is 0. The zero-order valence-electron chi connectivity index (χ0n) is 4.27. The van der Waals surface area contributed by atoms with Gasteiger partial charge in [-0.05, 0) is 0 Å². The number of hydrogen-bond acceptors (Lipinski definition) is 4. The number of rotatable bonds is 1. The maximum atomic E-state index is 10.0. The molecule has 5 heteroatoms. The summed E-state index contributed by atoms with van der Waals surface area (Å²) in [5.41, 5.74) is 0. The van der Waals surface area contributed by atoms with Gasteiger partial charge in [0.05, 0.1) is 0 Å². The molecular formula is C4H4O5. The first-order chi connectivity index (χ1) is 4.13. The van der Waals surface area contributed by atoms with Crippen LogP contribution in [0.15, 0.2) is 0 Å². The summed E-state index contributed by atoms with van der Waals surface area (Å²) in [6, 6.07) is 0. The molecule has 0 bridgehead atoms. The molecule has 1 fully saturated rings. The van der Waals surface area contributed by atoms with Gasteiger partial charge in [0.25, 0.3) is 0 Å². The number of carboxylic acids is 1. The Morgan fingerprint density at radius 2 is 2.22 bits per heavy atom. The number of aliphatic carboxylic acids is 1. The largest absolute Gasteiger partial charge is 0.478 e. The number of carbonyl (C=O) groups is 2. The van der Waals surface area contributed by atoms with Crippen LogP contribution in [-0.4, -0.2) is 34.4 Å². The molecule has 0 aromatic rings. The molecule has 1 saturated heterocycles. The lowest BCUT2D eigenvalue weighted by Gasteiger charge is -2.26. The van der Waals surface area contributed by atoms with E-state index < -0.39 is 24.1 Å². The van der Waals surface area contributed by atoms with E-state index in [1.165, 1.54) is 0 Å². The van der Waals surface area contributed by atoms with Crippen LogP contribution in [-0.2, 0) is 14.3 Å². The Labute approximate surface area is 49.9 Å². The molecule has 5 nitrogen and oxygen atoms in total. The molecule has 0 amide bonds. The molecule has 2 N–H and O–H groups in total. The zero-order chi connectivity index (χ0) is 7.02. The van der Waals surface area contributed by atoms with Gasteiger partial charge in [0.2, 0.25) is 6.10 Å². The predicted octanol–water partition coefficient (Wildman–Crippen LogP) is -1.64. The highest BCUT2D eigenvalue weighted by Gasteiger charge is 2.46. The van der Waals surface area contributed by atoms with Crippen LogP contribution in [0.1, 0.15) is 0 Å². The maximum Gasteiger partial charge on any atom is 0.348 e. The molecule has 0 radical (unpaired) electrons. The Bertz CT molecular complexity index is 162. The Balaban J connectivity index is 2.51. The van der Waals surface area contributed by atoms with Crippen molar-refractivity contribution >= 4 is 11.9 Å². The van der Waals surface area contributed by atoms with Crippen LogP contribution in [0.25, 0.3) is 0 Å². The van der Waals surface area contributed by atoms with Gasteiger partial charge < -0.3 is 14.9 Å². The first-order valence-electron chi connectivity index (χ1n) is 2.24. The van der Waals surface area contributed by atoms with Gasteiger partial charge in [0.15, 0.2) is 6.10 Å². The Hall–Kier alpha value is -1.10. The Kier molecular flexibility index (Phi) is 1.14. The van der Waals surface area contributed by atoms with E-state index in [0.29, 0.717) is 0 Å². The molecule has 9 heavy (non-hydrogen) atoms. The molecule has 0 aromatic carbocycles. The van der Waals surface area contributed by atoms with Crippen molar-refractivity contribution in [3.8, 4) is 0 Å². The number of ether oxygens (including phenoxy) is 1. The SMILES string of the molecule is O=C1OC(C(=O)O)C1O. The Morgan fingerprint density at radius 3 is 2.33 bits per heavy atom. The molecule has 1 aliphatic heterocycles. The lowest BCUT2D eigenvalue weighted by atomic mass is 10.1. The van der Waals surface area contributed by atoms with E-state index in [9.17, 15) is 9.59 Å². The second-order valence-corrected chi connectivity index (χ2v) is 1.64. The van der Waals surface area contributed by atoms with E-state index in [1.807, 2.05) is 0 Å². The summed E-state index contributed by atoms with van der Waals surface area (Å²) >= 11 is 0. The van der Waals surface area contributed by atoms with Crippen LogP contribution in [0.5, 0.6) is 0 Å². The number of aliphatic hydroxyl groups excluding tert-OH is 1. The van der Waals surface area contributed by atoms with Gasteiger partial charge in [-0.25, -0.2) is 9.59 Å². The minimum absolute atomic E-state index is 0.873. The average Bonchev–Trinajstić information content (AvgIpc) is 1.81. The quantitative estimate of drug-likeness (QED) is 0.418. The van der Waals surface area contributed by atoms with Crippen molar-refractivity contribution in [3.05, 3.63) is 0 Å². The van der Waals surface area contributed by atoms with Gasteiger partial charge in [-0.2, -0.15) is 0 Å². The van der Waals surface area contributed by atoms with Crippen molar-refractivity contribution < 1.29 is 24.5 Å². The van der Waals surface area contributed by atoms with Crippen molar-refractivity contribution in [1.29, 1.82) is 0 Å². The van der Waals surface area contributed by atoms with Crippen molar-refractivity contribution in [2.75, 3.05) is 0 Å². The standard InChI is InChI=1S/C4H4O5/c5-1-2(3(6)7)9-4(1)8/h1-2,5H,(H,6,7). The van der Waals surface area contributed by atoms with Crippen molar-refractivity contribution in [2.45, 2.75) is 12.2 Å². The number of hydrogen-bond donors (Lipinski definition) is 2. The topological polar surface area (TPSA) is 83.8 Å². The van der Waals surface area contributed by atoms with Gasteiger partial charge in [-0.15, -0.1) is 0 Å².